The van der Waals surface area contributed by atoms with Crippen molar-refractivity contribution in [3.63, 3.8) is 0 Å². The van der Waals surface area contributed by atoms with Gasteiger partial charge in [-0.25, -0.2) is 18.6 Å². The number of fused-ring (bicyclic) bond motifs is 1. The number of hydrogen-bond donors (Lipinski definition) is 1. The quantitative estimate of drug-likeness (QED) is 0.580. The van der Waals surface area contributed by atoms with Crippen LogP contribution >= 0.6 is 27.3 Å². The molecular weight excluding hydrogens is 430 g/mol. The van der Waals surface area contributed by atoms with Crippen molar-refractivity contribution in [1.82, 2.24) is 4.98 Å². The molecule has 0 spiro atoms. The first-order valence-corrected chi connectivity index (χ1v) is 9.18. The fraction of sp³-hybridized carbons (Fsp3) is 0.176. The normalized spacial score (nSPS) is 10.9. The van der Waals surface area contributed by atoms with Crippen molar-refractivity contribution in [2.45, 2.75) is 13.5 Å². The average molecular weight is 443 g/mol. The van der Waals surface area contributed by atoms with Crippen molar-refractivity contribution < 1.29 is 23.0 Å². The van der Waals surface area contributed by atoms with Crippen LogP contribution in [0.2, 0.25) is 0 Å². The first kappa shape index (κ1) is 18.5. The number of hydrogen-bond acceptors (Lipinski definition) is 6. The average Bonchev–Trinajstić information content (AvgIpc) is 2.99. The second-order valence-corrected chi connectivity index (χ2v) is 7.03. The predicted molar refractivity (Wildman–Crippen MR) is 98.4 cm³/mol. The molecule has 0 saturated heterocycles. The Bertz CT molecular complexity index is 971. The molecule has 2 heterocycles. The Morgan fingerprint density at radius 1 is 1.35 bits per heavy atom. The number of aromatic nitrogens is 1. The molecule has 0 bridgehead atoms. The molecule has 2 aromatic heterocycles. The van der Waals surface area contributed by atoms with Gasteiger partial charge in [-0.05, 0) is 24.4 Å². The Hall–Kier alpha value is -2.26. The zero-order valence-corrected chi connectivity index (χ0v) is 15.9. The zero-order valence-electron chi connectivity index (χ0n) is 13.5. The third kappa shape index (κ3) is 3.49. The summed E-state index contributed by atoms with van der Waals surface area (Å²) in [5.74, 6) is -2.45. The van der Waals surface area contributed by atoms with E-state index in [1.54, 1.807) is 12.3 Å². The van der Waals surface area contributed by atoms with Gasteiger partial charge in [-0.1, -0.05) is 15.9 Å². The number of anilines is 1. The maximum Gasteiger partial charge on any atom is 0.341 e. The van der Waals surface area contributed by atoms with Gasteiger partial charge in [-0.3, -0.25) is 0 Å². The number of halogens is 3. The number of nitrogen functional groups attached to an aromatic ring is 1. The molecule has 5 nitrogen and oxygen atoms in total. The van der Waals surface area contributed by atoms with Crippen molar-refractivity contribution in [3.8, 4) is 5.75 Å². The lowest BCUT2D eigenvalue weighted by Crippen LogP contribution is -2.07. The summed E-state index contributed by atoms with van der Waals surface area (Å²) in [6.07, 6.45) is 1.35. The molecule has 0 aliphatic rings. The van der Waals surface area contributed by atoms with E-state index in [9.17, 15) is 13.6 Å². The fourth-order valence-electron chi connectivity index (χ4n) is 2.41. The van der Waals surface area contributed by atoms with Gasteiger partial charge >= 0.3 is 5.97 Å². The summed E-state index contributed by atoms with van der Waals surface area (Å²) in [7, 11) is 0. The number of nitrogens with two attached hydrogens (primary N) is 1. The molecule has 3 aromatic rings. The standard InChI is InChI=1S/C17H13BrF2N2O3S/c1-2-24-17(23)10-5-22-16(21)13-8(7-26-15(10)13)6-25-14-11(19)3-9(18)4-12(14)20/h3-5,7H,2,6H2,1H3,(H2,21,22). The van der Waals surface area contributed by atoms with Crippen LogP contribution in [0.4, 0.5) is 14.6 Å². The molecule has 0 unspecified atom stereocenters. The van der Waals surface area contributed by atoms with E-state index in [4.69, 9.17) is 15.2 Å². The number of ether oxygens (including phenoxy) is 2. The third-order valence-electron chi connectivity index (χ3n) is 3.53. The Morgan fingerprint density at radius 3 is 2.69 bits per heavy atom. The van der Waals surface area contributed by atoms with Crippen LogP contribution in [0.15, 0.2) is 28.2 Å². The van der Waals surface area contributed by atoms with Gasteiger partial charge in [0.2, 0.25) is 0 Å². The number of rotatable bonds is 5. The number of carbonyl (C=O) groups is 1. The smallest absolute Gasteiger partial charge is 0.341 e. The van der Waals surface area contributed by atoms with Crippen molar-refractivity contribution in [1.29, 1.82) is 0 Å². The molecule has 3 rings (SSSR count). The highest BCUT2D eigenvalue weighted by Crippen LogP contribution is 2.34. The molecule has 0 saturated carbocycles. The number of pyridine rings is 1. The van der Waals surface area contributed by atoms with E-state index < -0.39 is 23.4 Å². The Morgan fingerprint density at radius 2 is 2.04 bits per heavy atom. The summed E-state index contributed by atoms with van der Waals surface area (Å²) < 4.78 is 39.0. The van der Waals surface area contributed by atoms with Gasteiger partial charge in [-0.15, -0.1) is 11.3 Å². The summed E-state index contributed by atoms with van der Waals surface area (Å²) in [6, 6.07) is 2.22. The molecule has 0 aliphatic heterocycles. The van der Waals surface area contributed by atoms with E-state index in [2.05, 4.69) is 20.9 Å². The van der Waals surface area contributed by atoms with Gasteiger partial charge < -0.3 is 15.2 Å². The fourth-order valence-corrected chi connectivity index (χ4v) is 3.87. The van der Waals surface area contributed by atoms with E-state index in [1.807, 2.05) is 0 Å². The van der Waals surface area contributed by atoms with Crippen LogP contribution in [0.3, 0.4) is 0 Å². The van der Waals surface area contributed by atoms with Crippen LogP contribution in [0, 0.1) is 11.6 Å². The summed E-state index contributed by atoms with van der Waals surface area (Å²) in [5.41, 5.74) is 6.78. The lowest BCUT2D eigenvalue weighted by Gasteiger charge is -2.09. The van der Waals surface area contributed by atoms with Crippen molar-refractivity contribution >= 4 is 49.1 Å². The molecule has 0 aliphatic carbocycles. The van der Waals surface area contributed by atoms with Gasteiger partial charge in [0, 0.05) is 21.6 Å². The topological polar surface area (TPSA) is 74.4 Å². The van der Waals surface area contributed by atoms with Gasteiger partial charge in [-0.2, -0.15) is 0 Å². The van der Waals surface area contributed by atoms with Gasteiger partial charge in [0.15, 0.2) is 17.4 Å². The second-order valence-electron chi connectivity index (χ2n) is 5.23. The Labute approximate surface area is 159 Å². The molecule has 0 fully saturated rings. The van der Waals surface area contributed by atoms with Gasteiger partial charge in [0.25, 0.3) is 0 Å². The number of carbonyl (C=O) groups excluding carboxylic acids is 1. The molecular formula is C17H13BrF2N2O3S. The highest BCUT2D eigenvalue weighted by Gasteiger charge is 2.19. The highest BCUT2D eigenvalue weighted by molar-refractivity contribution is 9.10. The SMILES string of the molecule is CCOC(=O)c1cnc(N)c2c(COc3c(F)cc(Br)cc3F)csc12. The van der Waals surface area contributed by atoms with Gasteiger partial charge in [0.1, 0.15) is 12.4 Å². The third-order valence-corrected chi connectivity index (χ3v) is 5.05. The molecule has 136 valence electrons. The zero-order chi connectivity index (χ0) is 18.8. The van der Waals surface area contributed by atoms with Crippen LogP contribution in [0.1, 0.15) is 22.8 Å². The molecule has 1 aromatic carbocycles. The van der Waals surface area contributed by atoms with Gasteiger partial charge in [0.05, 0.1) is 16.9 Å². The van der Waals surface area contributed by atoms with Crippen molar-refractivity contribution in [2.24, 2.45) is 0 Å². The largest absolute Gasteiger partial charge is 0.483 e. The number of nitrogens with zero attached hydrogens (tertiary/aromatic N) is 1. The van der Waals surface area contributed by atoms with Crippen LogP contribution < -0.4 is 10.5 Å². The van der Waals surface area contributed by atoms with E-state index in [-0.39, 0.29) is 29.1 Å². The van der Waals surface area contributed by atoms with Crippen LogP contribution in [0.5, 0.6) is 5.75 Å². The lowest BCUT2D eigenvalue weighted by atomic mass is 10.1. The summed E-state index contributed by atoms with van der Waals surface area (Å²) in [4.78, 5) is 16.1. The molecule has 0 amide bonds. The van der Waals surface area contributed by atoms with Crippen LogP contribution in [-0.4, -0.2) is 17.6 Å². The lowest BCUT2D eigenvalue weighted by molar-refractivity contribution is 0.0528. The molecule has 0 atom stereocenters. The highest BCUT2D eigenvalue weighted by atomic mass is 79.9. The summed E-state index contributed by atoms with van der Waals surface area (Å²) in [5, 5.41) is 2.22. The first-order chi connectivity index (χ1) is 12.4. The maximum atomic E-state index is 13.9. The van der Waals surface area contributed by atoms with Crippen LogP contribution in [-0.2, 0) is 11.3 Å². The minimum Gasteiger partial charge on any atom is -0.483 e. The first-order valence-electron chi connectivity index (χ1n) is 7.51. The number of benzene rings is 1. The van der Waals surface area contributed by atoms with Crippen LogP contribution in [0.25, 0.3) is 10.1 Å². The van der Waals surface area contributed by atoms with Crippen molar-refractivity contribution in [2.75, 3.05) is 12.3 Å². The summed E-state index contributed by atoms with van der Waals surface area (Å²) >= 11 is 4.27. The van der Waals surface area contributed by atoms with Crippen molar-refractivity contribution in [3.05, 3.63) is 50.9 Å². The number of thiophene rings is 1. The van der Waals surface area contributed by atoms with E-state index in [1.165, 1.54) is 17.5 Å². The predicted octanol–water partition coefficient (Wildman–Crippen LogP) is 4.67. The van der Waals surface area contributed by atoms with E-state index in [0.29, 0.717) is 15.6 Å². The summed E-state index contributed by atoms with van der Waals surface area (Å²) in [6.45, 7) is 1.80. The maximum absolute atomic E-state index is 13.9. The Kier molecular flexibility index (Phi) is 5.38. The molecule has 9 heteroatoms. The molecule has 0 radical (unpaired) electrons. The second kappa shape index (κ2) is 7.55. The molecule has 26 heavy (non-hydrogen) atoms. The van der Waals surface area contributed by atoms with E-state index >= 15 is 0 Å². The molecule has 2 N–H and O–H groups in total. The van der Waals surface area contributed by atoms with E-state index in [0.717, 1.165) is 12.1 Å². The minimum absolute atomic E-state index is 0.131. The number of esters is 1. The monoisotopic (exact) mass is 442 g/mol. The Balaban J connectivity index is 1.95. The minimum atomic E-state index is -0.824.